The maximum absolute atomic E-state index is 12.2. The van der Waals surface area contributed by atoms with E-state index in [2.05, 4.69) is 10.4 Å². The van der Waals surface area contributed by atoms with Crippen molar-refractivity contribution in [1.29, 1.82) is 0 Å². The lowest BCUT2D eigenvalue weighted by atomic mass is 10.0. The molecular weight excluding hydrogens is 330 g/mol. The van der Waals surface area contributed by atoms with E-state index in [0.717, 1.165) is 22.6 Å². The van der Waals surface area contributed by atoms with Gasteiger partial charge < -0.3 is 10.1 Å². The molecule has 1 aliphatic rings. The summed E-state index contributed by atoms with van der Waals surface area (Å²) in [6.45, 7) is 0.311. The molecule has 0 saturated heterocycles. The maximum Gasteiger partial charge on any atom is 0.243 e. The Labute approximate surface area is 152 Å². The number of rotatable bonds is 6. The number of carbonyl (C=O) groups is 2. The molecule has 6 nitrogen and oxygen atoms in total. The van der Waals surface area contributed by atoms with E-state index in [1.165, 1.54) is 5.01 Å². The fraction of sp³-hybridized carbons (Fsp3) is 0.250. The molecule has 0 aliphatic carbocycles. The van der Waals surface area contributed by atoms with Gasteiger partial charge >= 0.3 is 0 Å². The van der Waals surface area contributed by atoms with Gasteiger partial charge in [-0.05, 0) is 23.3 Å². The molecule has 1 heterocycles. The van der Waals surface area contributed by atoms with Crippen LogP contribution >= 0.6 is 0 Å². The number of amides is 2. The van der Waals surface area contributed by atoms with Crippen LogP contribution in [-0.2, 0) is 16.1 Å². The second kappa shape index (κ2) is 8.29. The van der Waals surface area contributed by atoms with Crippen LogP contribution in [0.2, 0.25) is 0 Å². The van der Waals surface area contributed by atoms with Crippen molar-refractivity contribution in [2.24, 2.45) is 5.10 Å². The second-order valence-electron chi connectivity index (χ2n) is 5.99. The highest BCUT2D eigenvalue weighted by Gasteiger charge is 2.23. The molecule has 0 fully saturated rings. The summed E-state index contributed by atoms with van der Waals surface area (Å²) in [7, 11) is 1.61. The van der Waals surface area contributed by atoms with Crippen LogP contribution in [0.25, 0.3) is 0 Å². The molecule has 2 aromatic carbocycles. The molecule has 6 heteroatoms. The van der Waals surface area contributed by atoms with Crippen molar-refractivity contribution in [2.75, 3.05) is 13.7 Å². The summed E-state index contributed by atoms with van der Waals surface area (Å²) in [5, 5.41) is 8.45. The molecule has 0 spiro atoms. The summed E-state index contributed by atoms with van der Waals surface area (Å²) in [6.07, 6.45) is 0.951. The van der Waals surface area contributed by atoms with Gasteiger partial charge in [0.1, 0.15) is 12.3 Å². The second-order valence-corrected chi connectivity index (χ2v) is 5.99. The highest BCUT2D eigenvalue weighted by molar-refractivity contribution is 6.04. The number of benzene rings is 2. The van der Waals surface area contributed by atoms with E-state index >= 15 is 0 Å². The van der Waals surface area contributed by atoms with Gasteiger partial charge in [0.05, 0.1) is 12.8 Å². The fourth-order valence-electron chi connectivity index (χ4n) is 2.70. The van der Waals surface area contributed by atoms with Crippen molar-refractivity contribution in [2.45, 2.75) is 19.4 Å². The number of ether oxygens (including phenoxy) is 1. The van der Waals surface area contributed by atoms with Crippen LogP contribution in [0.1, 0.15) is 24.0 Å². The minimum absolute atomic E-state index is 0.0781. The number of nitrogens with one attached hydrogen (secondary N) is 1. The quantitative estimate of drug-likeness (QED) is 0.868. The van der Waals surface area contributed by atoms with E-state index < -0.39 is 0 Å². The maximum atomic E-state index is 12.2. The minimum Gasteiger partial charge on any atom is -0.497 e. The molecule has 0 aromatic heterocycles. The Morgan fingerprint density at radius 3 is 2.54 bits per heavy atom. The van der Waals surface area contributed by atoms with E-state index in [0.29, 0.717) is 19.4 Å². The SMILES string of the molecule is COc1ccc(CNC(=O)CN2N=C(c3ccccc3)CCC2=O)cc1. The van der Waals surface area contributed by atoms with Crippen LogP contribution in [-0.4, -0.2) is 36.2 Å². The Kier molecular flexibility index (Phi) is 5.63. The molecule has 1 aliphatic heterocycles. The van der Waals surface area contributed by atoms with Crippen molar-refractivity contribution in [3.05, 3.63) is 65.7 Å². The number of hydrogen-bond donors (Lipinski definition) is 1. The van der Waals surface area contributed by atoms with Crippen molar-refractivity contribution in [3.8, 4) is 5.75 Å². The number of carbonyl (C=O) groups excluding carboxylic acids is 2. The Morgan fingerprint density at radius 2 is 1.85 bits per heavy atom. The van der Waals surface area contributed by atoms with Gasteiger partial charge in [-0.25, -0.2) is 5.01 Å². The fourth-order valence-corrected chi connectivity index (χ4v) is 2.70. The number of nitrogens with zero attached hydrogens (tertiary/aromatic N) is 2. The van der Waals surface area contributed by atoms with Gasteiger partial charge in [-0.15, -0.1) is 0 Å². The van der Waals surface area contributed by atoms with Crippen LogP contribution < -0.4 is 10.1 Å². The molecule has 0 saturated carbocycles. The molecule has 0 unspecified atom stereocenters. The zero-order valence-corrected chi connectivity index (χ0v) is 14.6. The highest BCUT2D eigenvalue weighted by Crippen LogP contribution is 2.15. The number of methoxy groups -OCH3 is 1. The molecule has 0 atom stereocenters. The Balaban J connectivity index is 1.59. The average molecular weight is 351 g/mol. The van der Waals surface area contributed by atoms with Crippen molar-refractivity contribution < 1.29 is 14.3 Å². The third-order valence-electron chi connectivity index (χ3n) is 4.15. The lowest BCUT2D eigenvalue weighted by Gasteiger charge is -2.23. The van der Waals surface area contributed by atoms with E-state index in [-0.39, 0.29) is 18.4 Å². The van der Waals surface area contributed by atoms with Crippen molar-refractivity contribution in [1.82, 2.24) is 10.3 Å². The number of hydrogen-bond acceptors (Lipinski definition) is 4. The first kappa shape index (κ1) is 17.7. The van der Waals surface area contributed by atoms with Gasteiger partial charge in [0.15, 0.2) is 0 Å². The van der Waals surface area contributed by atoms with Crippen LogP contribution in [0.3, 0.4) is 0 Å². The largest absolute Gasteiger partial charge is 0.497 e. The topological polar surface area (TPSA) is 71.0 Å². The third kappa shape index (κ3) is 4.47. The normalized spacial score (nSPS) is 14.0. The third-order valence-corrected chi connectivity index (χ3v) is 4.15. The summed E-state index contributed by atoms with van der Waals surface area (Å²) in [5.74, 6) is 0.387. The Morgan fingerprint density at radius 1 is 1.12 bits per heavy atom. The van der Waals surface area contributed by atoms with Gasteiger partial charge in [0, 0.05) is 19.4 Å². The minimum atomic E-state index is -0.243. The van der Waals surface area contributed by atoms with E-state index in [1.54, 1.807) is 7.11 Å². The molecule has 26 heavy (non-hydrogen) atoms. The first-order valence-electron chi connectivity index (χ1n) is 8.48. The van der Waals surface area contributed by atoms with E-state index in [4.69, 9.17) is 4.74 Å². The predicted molar refractivity (Wildman–Crippen MR) is 98.8 cm³/mol. The lowest BCUT2D eigenvalue weighted by molar-refractivity contribution is -0.136. The van der Waals surface area contributed by atoms with Crippen molar-refractivity contribution in [3.63, 3.8) is 0 Å². The Hall–Kier alpha value is -3.15. The molecule has 0 bridgehead atoms. The molecule has 134 valence electrons. The molecule has 3 rings (SSSR count). The summed E-state index contributed by atoms with van der Waals surface area (Å²) in [5.41, 5.74) is 2.76. The molecular formula is C20H21N3O3. The summed E-state index contributed by atoms with van der Waals surface area (Å²) in [6, 6.07) is 17.2. The molecule has 2 amide bonds. The van der Waals surface area contributed by atoms with Gasteiger partial charge in [-0.1, -0.05) is 42.5 Å². The van der Waals surface area contributed by atoms with Crippen LogP contribution in [0.4, 0.5) is 0 Å². The van der Waals surface area contributed by atoms with E-state index in [9.17, 15) is 9.59 Å². The molecule has 1 N–H and O–H groups in total. The van der Waals surface area contributed by atoms with Gasteiger partial charge in [-0.3, -0.25) is 9.59 Å². The zero-order chi connectivity index (χ0) is 18.4. The average Bonchev–Trinajstić information content (AvgIpc) is 2.69. The van der Waals surface area contributed by atoms with Gasteiger partial charge in [0.2, 0.25) is 11.8 Å². The van der Waals surface area contributed by atoms with Crippen molar-refractivity contribution >= 4 is 17.5 Å². The first-order chi connectivity index (χ1) is 12.7. The summed E-state index contributed by atoms with van der Waals surface area (Å²) in [4.78, 5) is 24.3. The first-order valence-corrected chi connectivity index (χ1v) is 8.48. The standard InChI is InChI=1S/C20H21N3O3/c1-26-17-9-7-15(8-10-17)13-21-19(24)14-23-20(25)12-11-18(22-23)16-5-3-2-4-6-16/h2-10H,11-14H2,1H3,(H,21,24). The smallest absolute Gasteiger partial charge is 0.243 e. The number of hydrazone groups is 1. The summed E-state index contributed by atoms with van der Waals surface area (Å²) >= 11 is 0. The van der Waals surface area contributed by atoms with Crippen LogP contribution in [0.5, 0.6) is 5.75 Å². The van der Waals surface area contributed by atoms with Crippen LogP contribution in [0.15, 0.2) is 59.7 Å². The van der Waals surface area contributed by atoms with Gasteiger partial charge in [-0.2, -0.15) is 5.10 Å². The molecule has 2 aromatic rings. The summed E-state index contributed by atoms with van der Waals surface area (Å²) < 4.78 is 5.11. The highest BCUT2D eigenvalue weighted by atomic mass is 16.5. The predicted octanol–water partition coefficient (Wildman–Crippen LogP) is 2.34. The Bertz CT molecular complexity index is 801. The lowest BCUT2D eigenvalue weighted by Crippen LogP contribution is -2.40. The van der Waals surface area contributed by atoms with Crippen LogP contribution in [0, 0.1) is 0 Å². The molecule has 0 radical (unpaired) electrons. The monoisotopic (exact) mass is 351 g/mol. The van der Waals surface area contributed by atoms with Gasteiger partial charge in [0.25, 0.3) is 0 Å². The van der Waals surface area contributed by atoms with E-state index in [1.807, 2.05) is 54.6 Å². The zero-order valence-electron chi connectivity index (χ0n) is 14.6.